The lowest BCUT2D eigenvalue weighted by Gasteiger charge is -2.18. The Labute approximate surface area is 60.1 Å². The van der Waals surface area contributed by atoms with Gasteiger partial charge in [-0.05, 0) is 6.42 Å². The molecule has 0 spiro atoms. The van der Waals surface area contributed by atoms with Crippen molar-refractivity contribution in [3.8, 4) is 0 Å². The standard InChI is InChI=1S/C4H12N2O3S/c1-2-3-4(5,6)10(7,8)9/h2-3,5-6H2,1H3,(H,7,8,9). The molecule has 0 aromatic heterocycles. The minimum Gasteiger partial charge on any atom is -0.299 e. The molecule has 5 N–H and O–H groups in total. The van der Waals surface area contributed by atoms with E-state index in [0.717, 1.165) is 0 Å². The van der Waals surface area contributed by atoms with E-state index in [2.05, 4.69) is 0 Å². The molecule has 0 aliphatic carbocycles. The smallest absolute Gasteiger partial charge is 0.297 e. The molecule has 0 aromatic carbocycles. The van der Waals surface area contributed by atoms with Crippen molar-refractivity contribution in [3.05, 3.63) is 0 Å². The van der Waals surface area contributed by atoms with Gasteiger partial charge < -0.3 is 0 Å². The third kappa shape index (κ3) is 2.22. The van der Waals surface area contributed by atoms with Gasteiger partial charge in [-0.3, -0.25) is 16.0 Å². The number of hydrogen-bond donors (Lipinski definition) is 3. The summed E-state index contributed by atoms with van der Waals surface area (Å²) in [6.07, 6.45) is 0.554. The fourth-order valence-electron chi connectivity index (χ4n) is 0.520. The minimum atomic E-state index is -4.31. The predicted molar refractivity (Wildman–Crippen MR) is 37.6 cm³/mol. The molecule has 0 radical (unpaired) electrons. The highest BCUT2D eigenvalue weighted by atomic mass is 32.2. The Morgan fingerprint density at radius 3 is 2.00 bits per heavy atom. The number of hydrogen-bond acceptors (Lipinski definition) is 4. The molecule has 62 valence electrons. The first-order chi connectivity index (χ1) is 4.31. The van der Waals surface area contributed by atoms with Crippen molar-refractivity contribution in [1.29, 1.82) is 0 Å². The molecule has 0 bridgehead atoms. The highest BCUT2D eigenvalue weighted by molar-refractivity contribution is 7.87. The van der Waals surface area contributed by atoms with Crippen LogP contribution in [0.3, 0.4) is 0 Å². The van der Waals surface area contributed by atoms with E-state index in [1.165, 1.54) is 0 Å². The molecule has 0 amide bonds. The summed E-state index contributed by atoms with van der Waals surface area (Å²) in [7, 11) is -4.31. The van der Waals surface area contributed by atoms with Crippen molar-refractivity contribution in [2.24, 2.45) is 11.5 Å². The molecule has 0 saturated heterocycles. The van der Waals surface area contributed by atoms with E-state index in [1.807, 2.05) is 0 Å². The molecule has 0 saturated carbocycles. The van der Waals surface area contributed by atoms with E-state index < -0.39 is 15.1 Å². The Bertz CT molecular complexity index is 197. The van der Waals surface area contributed by atoms with E-state index >= 15 is 0 Å². The van der Waals surface area contributed by atoms with Crippen molar-refractivity contribution in [1.82, 2.24) is 0 Å². The number of nitrogens with two attached hydrogens (primary N) is 2. The molecule has 0 fully saturated rings. The molecule has 0 aliphatic rings. The summed E-state index contributed by atoms with van der Waals surface area (Å²) in [5.74, 6) is 0. The van der Waals surface area contributed by atoms with Gasteiger partial charge >= 0.3 is 0 Å². The van der Waals surface area contributed by atoms with Crippen LogP contribution in [0.1, 0.15) is 19.8 Å². The summed E-state index contributed by atoms with van der Waals surface area (Å²) >= 11 is 0. The molecule has 0 unspecified atom stereocenters. The van der Waals surface area contributed by atoms with Crippen LogP contribution in [-0.2, 0) is 10.1 Å². The van der Waals surface area contributed by atoms with Gasteiger partial charge in [-0.25, -0.2) is 0 Å². The SMILES string of the molecule is CCCC(N)(N)S(=O)(=O)O. The Morgan fingerprint density at radius 2 is 1.90 bits per heavy atom. The molecule has 6 heteroatoms. The van der Waals surface area contributed by atoms with Crippen molar-refractivity contribution >= 4 is 10.1 Å². The monoisotopic (exact) mass is 168 g/mol. The Kier molecular flexibility index (Phi) is 2.78. The van der Waals surface area contributed by atoms with E-state index in [1.54, 1.807) is 6.92 Å². The number of rotatable bonds is 3. The minimum absolute atomic E-state index is 0.0475. The molecule has 0 aliphatic heterocycles. The molecule has 10 heavy (non-hydrogen) atoms. The molecule has 0 atom stereocenters. The lowest BCUT2D eigenvalue weighted by Crippen LogP contribution is -2.55. The molecular weight excluding hydrogens is 156 g/mol. The van der Waals surface area contributed by atoms with Gasteiger partial charge in [-0.15, -0.1) is 0 Å². The van der Waals surface area contributed by atoms with E-state index in [9.17, 15) is 8.42 Å². The maximum atomic E-state index is 10.3. The zero-order valence-corrected chi connectivity index (χ0v) is 6.56. The third-order valence-corrected chi connectivity index (χ3v) is 2.29. The topological polar surface area (TPSA) is 106 Å². The van der Waals surface area contributed by atoms with Gasteiger partial charge in [0.25, 0.3) is 10.1 Å². The van der Waals surface area contributed by atoms with E-state index in [0.29, 0.717) is 6.42 Å². The van der Waals surface area contributed by atoms with Crippen molar-refractivity contribution in [3.63, 3.8) is 0 Å². The largest absolute Gasteiger partial charge is 0.299 e. The first kappa shape index (κ1) is 9.83. The van der Waals surface area contributed by atoms with Crippen LogP contribution >= 0.6 is 0 Å². The maximum absolute atomic E-state index is 10.3. The summed E-state index contributed by atoms with van der Waals surface area (Å²) < 4.78 is 29.1. The molecule has 0 aromatic rings. The molecular formula is C4H12N2O3S. The van der Waals surface area contributed by atoms with Crippen molar-refractivity contribution in [2.75, 3.05) is 0 Å². The molecule has 0 rings (SSSR count). The van der Waals surface area contributed by atoms with Gasteiger partial charge in [-0.2, -0.15) is 8.42 Å². The van der Waals surface area contributed by atoms with Crippen molar-refractivity contribution < 1.29 is 13.0 Å². The summed E-state index contributed by atoms with van der Waals surface area (Å²) in [6, 6.07) is 0. The van der Waals surface area contributed by atoms with Crippen LogP contribution in [0.15, 0.2) is 0 Å². The van der Waals surface area contributed by atoms with Gasteiger partial charge in [0, 0.05) is 0 Å². The summed E-state index contributed by atoms with van der Waals surface area (Å²) in [5.41, 5.74) is 10.1. The van der Waals surface area contributed by atoms with Gasteiger partial charge in [0.15, 0.2) is 4.99 Å². The average Bonchev–Trinajstić information content (AvgIpc) is 1.61. The van der Waals surface area contributed by atoms with Crippen LogP contribution < -0.4 is 11.5 Å². The van der Waals surface area contributed by atoms with Gasteiger partial charge in [0.2, 0.25) is 0 Å². The lowest BCUT2D eigenvalue weighted by atomic mass is 10.3. The van der Waals surface area contributed by atoms with Crippen LogP contribution in [0.5, 0.6) is 0 Å². The zero-order valence-electron chi connectivity index (χ0n) is 5.74. The van der Waals surface area contributed by atoms with Crippen LogP contribution in [0.2, 0.25) is 0 Å². The summed E-state index contributed by atoms with van der Waals surface area (Å²) in [6.45, 7) is 1.72. The van der Waals surface area contributed by atoms with E-state index in [-0.39, 0.29) is 6.42 Å². The Balaban J connectivity index is 4.42. The highest BCUT2D eigenvalue weighted by Crippen LogP contribution is 2.08. The van der Waals surface area contributed by atoms with Gasteiger partial charge in [0.1, 0.15) is 0 Å². The fraction of sp³-hybridized carbons (Fsp3) is 1.00. The van der Waals surface area contributed by atoms with Crippen LogP contribution in [0.25, 0.3) is 0 Å². The van der Waals surface area contributed by atoms with Crippen molar-refractivity contribution in [2.45, 2.75) is 24.8 Å². The van der Waals surface area contributed by atoms with Crippen LogP contribution in [0.4, 0.5) is 0 Å². The lowest BCUT2D eigenvalue weighted by molar-refractivity contribution is 0.413. The van der Waals surface area contributed by atoms with E-state index in [4.69, 9.17) is 16.0 Å². The van der Waals surface area contributed by atoms with Crippen LogP contribution in [0, 0.1) is 0 Å². The second-order valence-corrected chi connectivity index (χ2v) is 3.89. The molecule has 5 nitrogen and oxygen atoms in total. The third-order valence-electron chi connectivity index (χ3n) is 1.12. The highest BCUT2D eigenvalue weighted by Gasteiger charge is 2.32. The maximum Gasteiger partial charge on any atom is 0.297 e. The fourth-order valence-corrected chi connectivity index (χ4v) is 0.982. The quantitative estimate of drug-likeness (QED) is 0.379. The van der Waals surface area contributed by atoms with Crippen LogP contribution in [-0.4, -0.2) is 18.0 Å². The second-order valence-electron chi connectivity index (χ2n) is 2.18. The summed E-state index contributed by atoms with van der Waals surface area (Å²) in [4.78, 5) is -1.98. The average molecular weight is 168 g/mol. The first-order valence-corrected chi connectivity index (χ1v) is 4.30. The first-order valence-electron chi connectivity index (χ1n) is 2.86. The van der Waals surface area contributed by atoms with Gasteiger partial charge in [-0.1, -0.05) is 13.3 Å². The zero-order chi connectivity index (χ0) is 8.41. The second kappa shape index (κ2) is 2.83. The Hall–Kier alpha value is -0.170. The normalized spacial score (nSPS) is 13.6. The molecule has 0 heterocycles. The van der Waals surface area contributed by atoms with Gasteiger partial charge in [0.05, 0.1) is 0 Å². The predicted octanol–water partition coefficient (Wildman–Crippen LogP) is -0.754. The summed E-state index contributed by atoms with van der Waals surface area (Å²) in [5, 5.41) is 0. The Morgan fingerprint density at radius 1 is 1.50 bits per heavy atom.